The molecule has 1 saturated heterocycles. The van der Waals surface area contributed by atoms with E-state index in [9.17, 15) is 4.79 Å². The van der Waals surface area contributed by atoms with Crippen molar-refractivity contribution in [2.24, 2.45) is 5.92 Å². The summed E-state index contributed by atoms with van der Waals surface area (Å²) in [5.74, 6) is 1.09. The minimum absolute atomic E-state index is 0.0932. The average molecular weight is 196 g/mol. The largest absolute Gasteiger partial charge is 0.355 e. The third-order valence-corrected chi connectivity index (χ3v) is 3.60. The van der Waals surface area contributed by atoms with Gasteiger partial charge in [0.2, 0.25) is 5.91 Å². The van der Waals surface area contributed by atoms with Crippen LogP contribution in [0.15, 0.2) is 0 Å². The Balaban J connectivity index is 1.78. The van der Waals surface area contributed by atoms with E-state index < -0.39 is 0 Å². The molecular weight excluding hydrogens is 176 g/mol. The van der Waals surface area contributed by atoms with Gasteiger partial charge in [0.05, 0.1) is 6.04 Å². The molecule has 0 radical (unpaired) electrons. The van der Waals surface area contributed by atoms with Gasteiger partial charge in [0.1, 0.15) is 0 Å². The second-order valence-corrected chi connectivity index (χ2v) is 4.58. The fraction of sp³-hybridized carbons (Fsp3) is 0.909. The molecule has 1 aliphatic carbocycles. The van der Waals surface area contributed by atoms with Crippen molar-refractivity contribution in [2.75, 3.05) is 6.54 Å². The van der Waals surface area contributed by atoms with Crippen molar-refractivity contribution < 1.29 is 4.79 Å². The molecule has 2 aliphatic rings. The Labute approximate surface area is 85.6 Å². The van der Waals surface area contributed by atoms with Crippen LogP contribution in [-0.2, 0) is 4.79 Å². The number of rotatable bonds is 3. The topological polar surface area (TPSA) is 41.1 Å². The molecule has 0 spiro atoms. The van der Waals surface area contributed by atoms with Crippen molar-refractivity contribution in [3.8, 4) is 0 Å². The Morgan fingerprint density at radius 3 is 2.86 bits per heavy atom. The van der Waals surface area contributed by atoms with Crippen LogP contribution in [0.2, 0.25) is 0 Å². The molecular formula is C11H20N2O. The van der Waals surface area contributed by atoms with Crippen LogP contribution in [0.1, 0.15) is 39.0 Å². The lowest BCUT2D eigenvalue weighted by atomic mass is 10.1. The van der Waals surface area contributed by atoms with Crippen molar-refractivity contribution in [2.45, 2.75) is 51.1 Å². The normalized spacial score (nSPS) is 37.5. The first-order chi connectivity index (χ1) is 6.79. The van der Waals surface area contributed by atoms with Crippen molar-refractivity contribution >= 4 is 5.91 Å². The molecule has 3 atom stereocenters. The number of hydrogen-bond donors (Lipinski definition) is 2. The summed E-state index contributed by atoms with van der Waals surface area (Å²) in [7, 11) is 0. The van der Waals surface area contributed by atoms with Crippen LogP contribution in [0.3, 0.4) is 0 Å². The maximum Gasteiger partial charge on any atom is 0.237 e. The molecule has 80 valence electrons. The van der Waals surface area contributed by atoms with Crippen molar-refractivity contribution in [3.05, 3.63) is 0 Å². The number of nitrogens with one attached hydrogen (secondary N) is 2. The maximum absolute atomic E-state index is 11.3. The third-order valence-electron chi connectivity index (χ3n) is 3.60. The molecule has 3 nitrogen and oxygen atoms in total. The average Bonchev–Trinajstić information content (AvgIpc) is 2.77. The third kappa shape index (κ3) is 2.08. The number of carbonyl (C=O) groups is 1. The highest BCUT2D eigenvalue weighted by Crippen LogP contribution is 2.28. The van der Waals surface area contributed by atoms with Gasteiger partial charge in [-0.25, -0.2) is 0 Å². The van der Waals surface area contributed by atoms with Gasteiger partial charge in [0.15, 0.2) is 0 Å². The Morgan fingerprint density at radius 1 is 1.43 bits per heavy atom. The van der Waals surface area contributed by atoms with Gasteiger partial charge in [-0.1, -0.05) is 13.3 Å². The zero-order chi connectivity index (χ0) is 9.97. The second-order valence-electron chi connectivity index (χ2n) is 4.58. The maximum atomic E-state index is 11.3. The number of carbonyl (C=O) groups excluding carboxylic acids is 1. The summed E-state index contributed by atoms with van der Waals surface area (Å²) in [6.07, 6.45) is 6.10. The van der Waals surface area contributed by atoms with Crippen LogP contribution in [0, 0.1) is 5.92 Å². The Bertz CT molecular complexity index is 217. The van der Waals surface area contributed by atoms with Crippen LogP contribution in [-0.4, -0.2) is 24.5 Å². The van der Waals surface area contributed by atoms with E-state index in [4.69, 9.17) is 0 Å². The fourth-order valence-electron chi connectivity index (χ4n) is 2.63. The monoisotopic (exact) mass is 196 g/mol. The van der Waals surface area contributed by atoms with Crippen molar-refractivity contribution in [1.29, 1.82) is 0 Å². The smallest absolute Gasteiger partial charge is 0.237 e. The number of amides is 1. The van der Waals surface area contributed by atoms with Crippen LogP contribution >= 0.6 is 0 Å². The predicted molar refractivity (Wildman–Crippen MR) is 56.0 cm³/mol. The van der Waals surface area contributed by atoms with E-state index in [1.807, 2.05) is 0 Å². The molecule has 0 aromatic heterocycles. The molecule has 0 bridgehead atoms. The summed E-state index contributed by atoms with van der Waals surface area (Å²) in [6, 6.07) is 0.685. The van der Waals surface area contributed by atoms with E-state index in [0.29, 0.717) is 6.04 Å². The summed E-state index contributed by atoms with van der Waals surface area (Å²) in [5.41, 5.74) is 0. The van der Waals surface area contributed by atoms with E-state index in [1.165, 1.54) is 25.7 Å². The van der Waals surface area contributed by atoms with Gasteiger partial charge in [-0.15, -0.1) is 0 Å². The second kappa shape index (κ2) is 4.30. The Morgan fingerprint density at radius 2 is 2.29 bits per heavy atom. The minimum atomic E-state index is 0.0932. The van der Waals surface area contributed by atoms with Crippen LogP contribution < -0.4 is 10.6 Å². The summed E-state index contributed by atoms with van der Waals surface area (Å²) in [5, 5.41) is 6.35. The highest BCUT2D eigenvalue weighted by Gasteiger charge is 2.30. The molecule has 0 aromatic rings. The van der Waals surface area contributed by atoms with Gasteiger partial charge in [-0.05, 0) is 31.6 Å². The quantitative estimate of drug-likeness (QED) is 0.708. The molecule has 1 saturated carbocycles. The molecule has 1 aliphatic heterocycles. The lowest BCUT2D eigenvalue weighted by Crippen LogP contribution is -2.41. The van der Waals surface area contributed by atoms with Gasteiger partial charge < -0.3 is 10.6 Å². The highest BCUT2D eigenvalue weighted by atomic mass is 16.2. The first kappa shape index (κ1) is 9.97. The van der Waals surface area contributed by atoms with E-state index in [-0.39, 0.29) is 11.9 Å². The fourth-order valence-corrected chi connectivity index (χ4v) is 2.63. The molecule has 1 heterocycles. The molecule has 3 heteroatoms. The van der Waals surface area contributed by atoms with Crippen molar-refractivity contribution in [3.63, 3.8) is 0 Å². The lowest BCUT2D eigenvalue weighted by molar-refractivity contribution is -0.121. The van der Waals surface area contributed by atoms with Crippen molar-refractivity contribution in [1.82, 2.24) is 10.6 Å². The molecule has 0 aromatic carbocycles. The molecule has 2 fully saturated rings. The first-order valence-electron chi connectivity index (χ1n) is 5.83. The van der Waals surface area contributed by atoms with Gasteiger partial charge in [0.25, 0.3) is 0 Å². The molecule has 2 rings (SSSR count). The van der Waals surface area contributed by atoms with Crippen LogP contribution in [0.25, 0.3) is 0 Å². The lowest BCUT2D eigenvalue weighted by Gasteiger charge is -2.16. The van der Waals surface area contributed by atoms with E-state index in [2.05, 4.69) is 17.6 Å². The van der Waals surface area contributed by atoms with E-state index in [1.54, 1.807) is 0 Å². The standard InChI is InChI=1S/C11H20N2O/c1-2-8-3-4-9(7-8)13-10-5-6-12-11(10)14/h8-10,13H,2-7H2,1H3,(H,12,14). The zero-order valence-corrected chi connectivity index (χ0v) is 8.88. The highest BCUT2D eigenvalue weighted by molar-refractivity contribution is 5.83. The SMILES string of the molecule is CCC1CCC(NC2CCNC2=O)C1. The summed E-state index contributed by atoms with van der Waals surface area (Å²) in [4.78, 5) is 11.3. The van der Waals surface area contributed by atoms with Gasteiger partial charge in [0, 0.05) is 12.6 Å². The van der Waals surface area contributed by atoms with Crippen LogP contribution in [0.5, 0.6) is 0 Å². The molecule has 2 N–H and O–H groups in total. The van der Waals surface area contributed by atoms with E-state index in [0.717, 1.165) is 18.9 Å². The van der Waals surface area contributed by atoms with Gasteiger partial charge >= 0.3 is 0 Å². The van der Waals surface area contributed by atoms with E-state index >= 15 is 0 Å². The Hall–Kier alpha value is -0.570. The summed E-state index contributed by atoms with van der Waals surface area (Å²) < 4.78 is 0. The van der Waals surface area contributed by atoms with Crippen LogP contribution in [0.4, 0.5) is 0 Å². The predicted octanol–water partition coefficient (Wildman–Crippen LogP) is 1.04. The molecule has 1 amide bonds. The zero-order valence-electron chi connectivity index (χ0n) is 8.88. The molecule has 3 unspecified atom stereocenters. The van der Waals surface area contributed by atoms with Gasteiger partial charge in [-0.3, -0.25) is 4.79 Å². The summed E-state index contributed by atoms with van der Waals surface area (Å²) in [6.45, 7) is 3.11. The first-order valence-corrected chi connectivity index (χ1v) is 5.83. The minimum Gasteiger partial charge on any atom is -0.355 e. The number of hydrogen-bond acceptors (Lipinski definition) is 2. The Kier molecular flexibility index (Phi) is 3.06. The van der Waals surface area contributed by atoms with Gasteiger partial charge in [-0.2, -0.15) is 0 Å². The molecule has 14 heavy (non-hydrogen) atoms. The summed E-state index contributed by atoms with van der Waals surface area (Å²) >= 11 is 0.